The molecule has 1 amide bonds. The highest BCUT2D eigenvalue weighted by Crippen LogP contribution is 2.16. The minimum atomic E-state index is -0.380. The standard InChI is InChI=1S/C15H11N5O2S/c1-19(2)12(21)4-3-10-7-11-8-16-9-18-13(11)20(14(10)22)15-17-5-6-23-15/h5-9H,1-2H3. The van der Waals surface area contributed by atoms with E-state index in [9.17, 15) is 9.59 Å². The van der Waals surface area contributed by atoms with Crippen molar-refractivity contribution in [3.05, 3.63) is 46.1 Å². The van der Waals surface area contributed by atoms with Crippen molar-refractivity contribution in [3.8, 4) is 17.0 Å². The molecule has 0 unspecified atom stereocenters. The molecule has 0 radical (unpaired) electrons. The number of carbonyl (C=O) groups is 1. The number of pyridine rings is 1. The molecule has 0 spiro atoms. The maximum Gasteiger partial charge on any atom is 0.298 e. The van der Waals surface area contributed by atoms with Crippen LogP contribution in [0.5, 0.6) is 0 Å². The van der Waals surface area contributed by atoms with Crippen LogP contribution in [0.3, 0.4) is 0 Å². The van der Waals surface area contributed by atoms with Gasteiger partial charge in [0.15, 0.2) is 10.8 Å². The van der Waals surface area contributed by atoms with Gasteiger partial charge in [-0.3, -0.25) is 9.59 Å². The van der Waals surface area contributed by atoms with E-state index in [1.165, 1.54) is 27.1 Å². The van der Waals surface area contributed by atoms with E-state index in [2.05, 4.69) is 26.8 Å². The molecule has 0 aliphatic carbocycles. The van der Waals surface area contributed by atoms with E-state index in [0.29, 0.717) is 16.2 Å². The number of hydrogen-bond acceptors (Lipinski definition) is 6. The first kappa shape index (κ1) is 14.9. The lowest BCUT2D eigenvalue weighted by atomic mass is 10.2. The summed E-state index contributed by atoms with van der Waals surface area (Å²) in [5.41, 5.74) is 0.271. The van der Waals surface area contributed by atoms with E-state index in [4.69, 9.17) is 0 Å². The third-order valence-electron chi connectivity index (χ3n) is 2.98. The lowest BCUT2D eigenvalue weighted by molar-refractivity contribution is -0.122. The van der Waals surface area contributed by atoms with Gasteiger partial charge in [-0.05, 0) is 6.07 Å². The van der Waals surface area contributed by atoms with Crippen molar-refractivity contribution in [1.82, 2.24) is 24.4 Å². The van der Waals surface area contributed by atoms with Crippen LogP contribution in [0.15, 0.2) is 35.0 Å². The lowest BCUT2D eigenvalue weighted by Crippen LogP contribution is -2.23. The molecule has 3 aromatic rings. The van der Waals surface area contributed by atoms with E-state index in [1.54, 1.807) is 37.9 Å². The number of fused-ring (bicyclic) bond motifs is 1. The molecule has 0 aliphatic rings. The normalized spacial score (nSPS) is 10.2. The second-order valence-corrected chi connectivity index (χ2v) is 5.64. The minimum Gasteiger partial charge on any atom is -0.338 e. The lowest BCUT2D eigenvalue weighted by Gasteiger charge is -2.06. The zero-order valence-electron chi connectivity index (χ0n) is 12.3. The van der Waals surface area contributed by atoms with Crippen LogP contribution in [0.25, 0.3) is 16.2 Å². The van der Waals surface area contributed by atoms with E-state index < -0.39 is 0 Å². The molecule has 0 saturated carbocycles. The third kappa shape index (κ3) is 2.82. The van der Waals surface area contributed by atoms with Gasteiger partial charge >= 0.3 is 0 Å². The zero-order valence-corrected chi connectivity index (χ0v) is 13.2. The summed E-state index contributed by atoms with van der Waals surface area (Å²) in [5.74, 6) is 4.70. The summed E-state index contributed by atoms with van der Waals surface area (Å²) in [6, 6.07) is 1.58. The molecule has 3 aromatic heterocycles. The first-order chi connectivity index (χ1) is 11.1. The highest BCUT2D eigenvalue weighted by atomic mass is 32.1. The van der Waals surface area contributed by atoms with Crippen molar-refractivity contribution in [2.24, 2.45) is 0 Å². The number of amides is 1. The van der Waals surface area contributed by atoms with Gasteiger partial charge in [0, 0.05) is 43.2 Å². The molecular formula is C15H11N5O2S. The molecule has 0 aromatic carbocycles. The van der Waals surface area contributed by atoms with E-state index in [0.717, 1.165) is 0 Å². The third-order valence-corrected chi connectivity index (χ3v) is 3.74. The summed E-state index contributed by atoms with van der Waals surface area (Å²) in [7, 11) is 3.19. The largest absolute Gasteiger partial charge is 0.338 e. The Morgan fingerprint density at radius 2 is 2.17 bits per heavy atom. The molecule has 0 saturated heterocycles. The van der Waals surface area contributed by atoms with Crippen LogP contribution in [-0.4, -0.2) is 44.4 Å². The molecule has 3 rings (SSSR count). The maximum absolute atomic E-state index is 12.7. The van der Waals surface area contributed by atoms with Crippen LogP contribution in [0.4, 0.5) is 0 Å². The molecule has 0 bridgehead atoms. The fourth-order valence-corrected chi connectivity index (χ4v) is 2.52. The van der Waals surface area contributed by atoms with Crippen LogP contribution < -0.4 is 5.56 Å². The Bertz CT molecular complexity index is 996. The molecule has 0 atom stereocenters. The Kier molecular flexibility index (Phi) is 3.87. The Morgan fingerprint density at radius 3 is 2.87 bits per heavy atom. The Balaban J connectivity index is 2.27. The Morgan fingerprint density at radius 1 is 1.35 bits per heavy atom. The van der Waals surface area contributed by atoms with Crippen LogP contribution in [0.1, 0.15) is 5.56 Å². The van der Waals surface area contributed by atoms with Gasteiger partial charge in [-0.15, -0.1) is 11.3 Å². The van der Waals surface area contributed by atoms with Crippen molar-refractivity contribution in [2.45, 2.75) is 0 Å². The van der Waals surface area contributed by atoms with Crippen molar-refractivity contribution in [3.63, 3.8) is 0 Å². The maximum atomic E-state index is 12.7. The van der Waals surface area contributed by atoms with Gasteiger partial charge in [0.05, 0.1) is 5.56 Å². The summed E-state index contributed by atoms with van der Waals surface area (Å²) in [6.45, 7) is 0. The number of thiazole rings is 1. The summed E-state index contributed by atoms with van der Waals surface area (Å²) in [4.78, 5) is 37.9. The van der Waals surface area contributed by atoms with Gasteiger partial charge < -0.3 is 4.90 Å². The van der Waals surface area contributed by atoms with Crippen LogP contribution in [-0.2, 0) is 4.79 Å². The predicted molar refractivity (Wildman–Crippen MR) is 86.4 cm³/mol. The summed E-state index contributed by atoms with van der Waals surface area (Å²) in [5, 5.41) is 2.90. The molecule has 23 heavy (non-hydrogen) atoms. The number of hydrogen-bond donors (Lipinski definition) is 0. The van der Waals surface area contributed by atoms with Crippen molar-refractivity contribution in [2.75, 3.05) is 14.1 Å². The quantitative estimate of drug-likeness (QED) is 0.615. The molecular weight excluding hydrogens is 314 g/mol. The van der Waals surface area contributed by atoms with Crippen molar-refractivity contribution >= 4 is 28.3 Å². The minimum absolute atomic E-state index is 0.192. The van der Waals surface area contributed by atoms with E-state index >= 15 is 0 Å². The molecule has 8 heteroatoms. The average Bonchev–Trinajstić information content (AvgIpc) is 3.06. The fraction of sp³-hybridized carbons (Fsp3) is 0.133. The SMILES string of the molecule is CN(C)C(=O)C#Cc1cc2cncnc2n(-c2nccs2)c1=O. The van der Waals surface area contributed by atoms with Gasteiger partial charge in [-0.25, -0.2) is 19.5 Å². The number of carbonyl (C=O) groups excluding carboxylic acids is 1. The number of nitrogens with zero attached hydrogens (tertiary/aromatic N) is 5. The van der Waals surface area contributed by atoms with Crippen LogP contribution in [0, 0.1) is 11.8 Å². The van der Waals surface area contributed by atoms with Crippen LogP contribution in [0.2, 0.25) is 0 Å². The van der Waals surface area contributed by atoms with Gasteiger partial charge in [0.1, 0.15) is 6.33 Å². The Labute approximate surface area is 135 Å². The number of rotatable bonds is 1. The average molecular weight is 325 g/mol. The van der Waals surface area contributed by atoms with Gasteiger partial charge in [-0.2, -0.15) is 0 Å². The first-order valence-electron chi connectivity index (χ1n) is 6.57. The molecule has 0 N–H and O–H groups in total. The zero-order chi connectivity index (χ0) is 16.4. The van der Waals surface area contributed by atoms with Crippen molar-refractivity contribution < 1.29 is 4.79 Å². The predicted octanol–water partition coefficient (Wildman–Crippen LogP) is 0.677. The second-order valence-electron chi connectivity index (χ2n) is 4.76. The van der Waals surface area contributed by atoms with Crippen LogP contribution >= 0.6 is 11.3 Å². The van der Waals surface area contributed by atoms with E-state index in [-0.39, 0.29) is 17.0 Å². The fourth-order valence-electron chi connectivity index (χ4n) is 1.88. The molecule has 0 fully saturated rings. The second kappa shape index (κ2) is 5.98. The summed E-state index contributed by atoms with van der Waals surface area (Å²) >= 11 is 1.31. The first-order valence-corrected chi connectivity index (χ1v) is 7.45. The van der Waals surface area contributed by atoms with E-state index in [1.807, 2.05) is 0 Å². The molecule has 0 aliphatic heterocycles. The topological polar surface area (TPSA) is 81.0 Å². The monoisotopic (exact) mass is 325 g/mol. The van der Waals surface area contributed by atoms with Crippen molar-refractivity contribution in [1.29, 1.82) is 0 Å². The summed E-state index contributed by atoms with van der Waals surface area (Å²) in [6.07, 6.45) is 4.56. The molecule has 3 heterocycles. The highest BCUT2D eigenvalue weighted by molar-refractivity contribution is 7.12. The van der Waals surface area contributed by atoms with Gasteiger partial charge in [-0.1, -0.05) is 5.92 Å². The Hall–Kier alpha value is -3.05. The highest BCUT2D eigenvalue weighted by Gasteiger charge is 2.13. The molecule has 7 nitrogen and oxygen atoms in total. The van der Waals surface area contributed by atoms with Gasteiger partial charge in [0.2, 0.25) is 0 Å². The smallest absolute Gasteiger partial charge is 0.298 e. The molecule has 114 valence electrons. The summed E-state index contributed by atoms with van der Waals surface area (Å²) < 4.78 is 1.38. The van der Waals surface area contributed by atoms with Gasteiger partial charge in [0.25, 0.3) is 11.5 Å². The number of aromatic nitrogens is 4.